The van der Waals surface area contributed by atoms with Crippen LogP contribution in [0.25, 0.3) is 0 Å². The minimum atomic E-state index is -0.374. The first-order valence-corrected chi connectivity index (χ1v) is 9.68. The molecule has 0 aliphatic carbocycles. The van der Waals surface area contributed by atoms with Gasteiger partial charge in [0.25, 0.3) is 0 Å². The molecular formula is C20H30N2O3. The Morgan fingerprint density at radius 3 is 2.72 bits per heavy atom. The maximum atomic E-state index is 12.3. The molecular weight excluding hydrogens is 316 g/mol. The zero-order valence-electron chi connectivity index (χ0n) is 15.2. The summed E-state index contributed by atoms with van der Waals surface area (Å²) < 4.78 is 11.5. The SMILES string of the molecule is CCCCCCOc1ccccc1NC(=O)OC1CN2CCC1CC2. The molecule has 4 rings (SSSR count). The molecule has 0 radical (unpaired) electrons. The highest BCUT2D eigenvalue weighted by molar-refractivity contribution is 5.86. The number of piperidine rings is 3. The molecule has 1 unspecified atom stereocenters. The maximum absolute atomic E-state index is 12.3. The van der Waals surface area contributed by atoms with Gasteiger partial charge in [-0.2, -0.15) is 0 Å². The Kier molecular flexibility index (Phi) is 6.56. The summed E-state index contributed by atoms with van der Waals surface area (Å²) in [5, 5.41) is 2.86. The number of hydrogen-bond donors (Lipinski definition) is 1. The second-order valence-electron chi connectivity index (χ2n) is 7.11. The molecule has 3 aliphatic heterocycles. The largest absolute Gasteiger partial charge is 0.491 e. The molecule has 0 spiro atoms. The highest BCUT2D eigenvalue weighted by Gasteiger charge is 2.36. The van der Waals surface area contributed by atoms with Crippen LogP contribution in [-0.4, -0.2) is 43.3 Å². The minimum Gasteiger partial charge on any atom is -0.491 e. The molecule has 1 atom stereocenters. The summed E-state index contributed by atoms with van der Waals surface area (Å²) >= 11 is 0. The fourth-order valence-electron chi connectivity index (χ4n) is 3.73. The van der Waals surface area contributed by atoms with Crippen molar-refractivity contribution in [3.8, 4) is 5.75 Å². The highest BCUT2D eigenvalue weighted by Crippen LogP contribution is 2.30. The third-order valence-corrected chi connectivity index (χ3v) is 5.23. The van der Waals surface area contributed by atoms with Crippen LogP contribution in [-0.2, 0) is 4.74 Å². The Bertz CT molecular complexity index is 556. The van der Waals surface area contributed by atoms with Crippen molar-refractivity contribution < 1.29 is 14.3 Å². The summed E-state index contributed by atoms with van der Waals surface area (Å²) in [6, 6.07) is 7.57. The van der Waals surface area contributed by atoms with E-state index in [0.717, 1.165) is 38.9 Å². The maximum Gasteiger partial charge on any atom is 0.412 e. The van der Waals surface area contributed by atoms with E-state index in [0.29, 0.717) is 24.0 Å². The molecule has 25 heavy (non-hydrogen) atoms. The number of hydrogen-bond acceptors (Lipinski definition) is 4. The number of para-hydroxylation sites is 2. The summed E-state index contributed by atoms with van der Waals surface area (Å²) in [5.41, 5.74) is 0.685. The van der Waals surface area contributed by atoms with Gasteiger partial charge in [-0.15, -0.1) is 0 Å². The van der Waals surface area contributed by atoms with E-state index in [9.17, 15) is 4.79 Å². The molecule has 0 saturated carbocycles. The Balaban J connectivity index is 1.49. The number of anilines is 1. The Hall–Kier alpha value is -1.75. The molecule has 3 heterocycles. The van der Waals surface area contributed by atoms with Gasteiger partial charge in [0.05, 0.1) is 12.3 Å². The van der Waals surface area contributed by atoms with Gasteiger partial charge in [-0.1, -0.05) is 38.3 Å². The number of unbranched alkanes of at least 4 members (excludes halogenated alkanes) is 3. The van der Waals surface area contributed by atoms with Gasteiger partial charge in [-0.3, -0.25) is 10.2 Å². The van der Waals surface area contributed by atoms with E-state index in [1.807, 2.05) is 24.3 Å². The van der Waals surface area contributed by atoms with Crippen LogP contribution in [0.2, 0.25) is 0 Å². The number of fused-ring (bicyclic) bond motifs is 3. The lowest BCUT2D eigenvalue weighted by atomic mass is 9.86. The average molecular weight is 346 g/mol. The van der Waals surface area contributed by atoms with E-state index >= 15 is 0 Å². The van der Waals surface area contributed by atoms with Crippen molar-refractivity contribution in [2.24, 2.45) is 5.92 Å². The van der Waals surface area contributed by atoms with Crippen molar-refractivity contribution in [1.29, 1.82) is 0 Å². The molecule has 1 aromatic rings. The first-order chi connectivity index (χ1) is 12.3. The second kappa shape index (κ2) is 9.09. The summed E-state index contributed by atoms with van der Waals surface area (Å²) in [5.74, 6) is 1.23. The third kappa shape index (κ3) is 5.11. The van der Waals surface area contributed by atoms with E-state index in [4.69, 9.17) is 9.47 Å². The predicted octanol–water partition coefficient (Wildman–Crippen LogP) is 4.29. The lowest BCUT2D eigenvalue weighted by molar-refractivity contribution is -0.0290. The van der Waals surface area contributed by atoms with Crippen LogP contribution in [0.15, 0.2) is 24.3 Å². The summed E-state index contributed by atoms with van der Waals surface area (Å²) in [4.78, 5) is 14.7. The van der Waals surface area contributed by atoms with Crippen molar-refractivity contribution >= 4 is 11.8 Å². The van der Waals surface area contributed by atoms with Crippen LogP contribution < -0.4 is 10.1 Å². The van der Waals surface area contributed by atoms with Gasteiger partial charge in [-0.05, 0) is 50.4 Å². The van der Waals surface area contributed by atoms with Gasteiger partial charge < -0.3 is 9.47 Å². The summed E-state index contributed by atoms with van der Waals surface area (Å²) in [6.45, 7) is 6.02. The quantitative estimate of drug-likeness (QED) is 0.714. The molecule has 138 valence electrons. The van der Waals surface area contributed by atoms with Gasteiger partial charge in [0.1, 0.15) is 11.9 Å². The number of carbonyl (C=O) groups is 1. The van der Waals surface area contributed by atoms with E-state index in [-0.39, 0.29) is 12.2 Å². The van der Waals surface area contributed by atoms with Crippen LogP contribution >= 0.6 is 0 Å². The van der Waals surface area contributed by atoms with Crippen LogP contribution in [0.1, 0.15) is 45.4 Å². The van der Waals surface area contributed by atoms with Crippen molar-refractivity contribution in [3.05, 3.63) is 24.3 Å². The van der Waals surface area contributed by atoms with Crippen molar-refractivity contribution in [2.75, 3.05) is 31.6 Å². The first kappa shape index (κ1) is 18.1. The number of amides is 1. The van der Waals surface area contributed by atoms with Gasteiger partial charge in [-0.25, -0.2) is 4.79 Å². The molecule has 1 aromatic carbocycles. The molecule has 3 fully saturated rings. The molecule has 2 bridgehead atoms. The Morgan fingerprint density at radius 1 is 1.20 bits per heavy atom. The monoisotopic (exact) mass is 346 g/mol. The molecule has 3 saturated heterocycles. The molecule has 1 N–H and O–H groups in total. The van der Waals surface area contributed by atoms with Gasteiger partial charge in [0, 0.05) is 6.54 Å². The van der Waals surface area contributed by atoms with E-state index in [2.05, 4.69) is 17.1 Å². The molecule has 1 amide bonds. The number of ether oxygens (including phenoxy) is 2. The lowest BCUT2D eigenvalue weighted by Crippen LogP contribution is -2.52. The zero-order valence-corrected chi connectivity index (χ0v) is 15.2. The third-order valence-electron chi connectivity index (χ3n) is 5.23. The van der Waals surface area contributed by atoms with Gasteiger partial charge >= 0.3 is 6.09 Å². The number of nitrogens with zero attached hydrogens (tertiary/aromatic N) is 1. The fourth-order valence-corrected chi connectivity index (χ4v) is 3.73. The lowest BCUT2D eigenvalue weighted by Gasteiger charge is -2.43. The Labute approximate surface area is 150 Å². The first-order valence-electron chi connectivity index (χ1n) is 9.68. The average Bonchev–Trinajstić information content (AvgIpc) is 2.64. The number of benzene rings is 1. The standard InChI is InChI=1S/C20H30N2O3/c1-2-3-4-7-14-24-18-9-6-5-8-17(18)21-20(23)25-19-15-22-12-10-16(19)11-13-22/h5-6,8-9,16,19H,2-4,7,10-15H2,1H3,(H,21,23). The van der Waals surface area contributed by atoms with Gasteiger partial charge in [0.15, 0.2) is 0 Å². The van der Waals surface area contributed by atoms with Crippen molar-refractivity contribution in [2.45, 2.75) is 51.6 Å². The topological polar surface area (TPSA) is 50.8 Å². The van der Waals surface area contributed by atoms with Crippen LogP contribution in [0.4, 0.5) is 10.5 Å². The number of nitrogens with one attached hydrogen (secondary N) is 1. The van der Waals surface area contributed by atoms with Crippen LogP contribution in [0.5, 0.6) is 5.75 Å². The van der Waals surface area contributed by atoms with Crippen molar-refractivity contribution in [3.63, 3.8) is 0 Å². The molecule has 3 aliphatic rings. The second-order valence-corrected chi connectivity index (χ2v) is 7.11. The van der Waals surface area contributed by atoms with E-state index in [1.165, 1.54) is 19.3 Å². The smallest absolute Gasteiger partial charge is 0.412 e. The molecule has 5 heteroatoms. The normalized spacial score (nSPS) is 24.8. The Morgan fingerprint density at radius 2 is 2.00 bits per heavy atom. The molecule has 0 aromatic heterocycles. The fraction of sp³-hybridized carbons (Fsp3) is 0.650. The molecule has 5 nitrogen and oxygen atoms in total. The van der Waals surface area contributed by atoms with E-state index < -0.39 is 0 Å². The zero-order chi connectivity index (χ0) is 17.5. The highest BCUT2D eigenvalue weighted by atomic mass is 16.6. The number of carbonyl (C=O) groups excluding carboxylic acids is 1. The minimum absolute atomic E-state index is 0.0182. The number of rotatable bonds is 8. The summed E-state index contributed by atoms with van der Waals surface area (Å²) in [6.07, 6.45) is 6.56. The van der Waals surface area contributed by atoms with E-state index in [1.54, 1.807) is 0 Å². The van der Waals surface area contributed by atoms with Gasteiger partial charge in [0.2, 0.25) is 0 Å². The van der Waals surface area contributed by atoms with Crippen LogP contribution in [0.3, 0.4) is 0 Å². The van der Waals surface area contributed by atoms with Crippen LogP contribution in [0, 0.1) is 5.92 Å². The van der Waals surface area contributed by atoms with Crippen molar-refractivity contribution in [1.82, 2.24) is 4.90 Å². The summed E-state index contributed by atoms with van der Waals surface area (Å²) in [7, 11) is 0. The predicted molar refractivity (Wildman–Crippen MR) is 99.1 cm³/mol.